The number of nitrogens with two attached hydrogens (primary N) is 1. The van der Waals surface area contributed by atoms with Crippen molar-refractivity contribution in [3.63, 3.8) is 0 Å². The van der Waals surface area contributed by atoms with Crippen LogP contribution < -0.4 is 10.6 Å². The average Bonchev–Trinajstić information content (AvgIpc) is 2.48. The minimum absolute atomic E-state index is 0.405. The van der Waals surface area contributed by atoms with E-state index >= 15 is 0 Å². The fraction of sp³-hybridized carbons (Fsp3) is 0.133. The number of amides is 1. The molecular weight excluding hydrogens is 252 g/mol. The molecule has 2 aromatic rings. The molecule has 1 amide bonds. The summed E-state index contributed by atoms with van der Waals surface area (Å²) in [6.07, 6.45) is 7.03. The monoisotopic (exact) mass is 266 g/mol. The zero-order chi connectivity index (χ0) is 13.9. The summed E-state index contributed by atoms with van der Waals surface area (Å²) in [5, 5.41) is 0. The standard InChI is InChI=1S/C15H14N4O/c16-15(20)12-7-13-14(4-2-6-18-13)19(10-12)9-11-3-1-5-17-8-11/h1-8H,9-10H2,(H2,16,20). The van der Waals surface area contributed by atoms with Crippen molar-refractivity contribution in [2.75, 3.05) is 11.4 Å². The summed E-state index contributed by atoms with van der Waals surface area (Å²) in [7, 11) is 0. The van der Waals surface area contributed by atoms with E-state index in [0.717, 1.165) is 16.9 Å². The Morgan fingerprint density at radius 2 is 2.15 bits per heavy atom. The van der Waals surface area contributed by atoms with Gasteiger partial charge in [0.2, 0.25) is 5.91 Å². The van der Waals surface area contributed by atoms with E-state index in [-0.39, 0.29) is 0 Å². The Balaban J connectivity index is 1.96. The lowest BCUT2D eigenvalue weighted by molar-refractivity contribution is -0.114. The molecular formula is C15H14N4O. The first kappa shape index (κ1) is 12.3. The molecule has 0 saturated heterocycles. The van der Waals surface area contributed by atoms with Crippen LogP contribution >= 0.6 is 0 Å². The van der Waals surface area contributed by atoms with Crippen LogP contribution in [-0.4, -0.2) is 22.4 Å². The van der Waals surface area contributed by atoms with Crippen molar-refractivity contribution in [1.82, 2.24) is 9.97 Å². The van der Waals surface area contributed by atoms with Gasteiger partial charge in [0.25, 0.3) is 0 Å². The van der Waals surface area contributed by atoms with E-state index in [1.807, 2.05) is 30.5 Å². The van der Waals surface area contributed by atoms with E-state index in [2.05, 4.69) is 14.9 Å². The Morgan fingerprint density at radius 3 is 2.90 bits per heavy atom. The molecule has 1 aliphatic rings. The molecule has 0 bridgehead atoms. The number of rotatable bonds is 3. The molecule has 0 spiro atoms. The summed E-state index contributed by atoms with van der Waals surface area (Å²) in [6.45, 7) is 1.15. The molecule has 1 aliphatic heterocycles. The van der Waals surface area contributed by atoms with Crippen molar-refractivity contribution < 1.29 is 4.79 Å². The molecule has 3 rings (SSSR count). The van der Waals surface area contributed by atoms with Crippen LogP contribution in [0, 0.1) is 0 Å². The molecule has 5 heteroatoms. The number of pyridine rings is 2. The first-order valence-electron chi connectivity index (χ1n) is 6.33. The van der Waals surface area contributed by atoms with E-state index in [0.29, 0.717) is 18.7 Å². The van der Waals surface area contributed by atoms with Gasteiger partial charge in [-0.05, 0) is 29.8 Å². The maximum Gasteiger partial charge on any atom is 0.246 e. The SMILES string of the molecule is NC(=O)C1=Cc2ncccc2N(Cc2cccnc2)C1. The average molecular weight is 266 g/mol. The number of anilines is 1. The minimum Gasteiger partial charge on any atom is -0.366 e. The van der Waals surface area contributed by atoms with Crippen molar-refractivity contribution >= 4 is 17.7 Å². The molecule has 0 atom stereocenters. The molecule has 100 valence electrons. The van der Waals surface area contributed by atoms with E-state index in [1.165, 1.54) is 0 Å². The van der Waals surface area contributed by atoms with Crippen LogP contribution in [-0.2, 0) is 11.3 Å². The second kappa shape index (κ2) is 5.13. The Hall–Kier alpha value is -2.69. The van der Waals surface area contributed by atoms with Gasteiger partial charge in [0.1, 0.15) is 0 Å². The molecule has 3 heterocycles. The third kappa shape index (κ3) is 2.38. The number of fused-ring (bicyclic) bond motifs is 1. The molecule has 0 aliphatic carbocycles. The third-order valence-electron chi connectivity index (χ3n) is 3.24. The van der Waals surface area contributed by atoms with E-state index in [1.54, 1.807) is 18.5 Å². The molecule has 0 unspecified atom stereocenters. The summed E-state index contributed by atoms with van der Waals surface area (Å²) in [5.41, 5.74) is 8.83. The van der Waals surface area contributed by atoms with Gasteiger partial charge < -0.3 is 10.6 Å². The number of primary amides is 1. The van der Waals surface area contributed by atoms with Gasteiger partial charge in [0.05, 0.1) is 11.4 Å². The molecule has 0 fully saturated rings. The highest BCUT2D eigenvalue weighted by Gasteiger charge is 2.21. The van der Waals surface area contributed by atoms with Crippen LogP contribution in [0.15, 0.2) is 48.4 Å². The van der Waals surface area contributed by atoms with Crippen molar-refractivity contribution in [3.05, 3.63) is 59.7 Å². The molecule has 2 N–H and O–H groups in total. The zero-order valence-corrected chi connectivity index (χ0v) is 10.9. The highest BCUT2D eigenvalue weighted by atomic mass is 16.1. The maximum absolute atomic E-state index is 11.4. The van der Waals surface area contributed by atoms with Crippen molar-refractivity contribution in [1.29, 1.82) is 0 Å². The quantitative estimate of drug-likeness (QED) is 0.910. The molecule has 5 nitrogen and oxygen atoms in total. The zero-order valence-electron chi connectivity index (χ0n) is 10.9. The normalized spacial score (nSPS) is 13.6. The number of carbonyl (C=O) groups is 1. The number of nitrogens with zero attached hydrogens (tertiary/aromatic N) is 3. The Morgan fingerprint density at radius 1 is 1.30 bits per heavy atom. The lowest BCUT2D eigenvalue weighted by Crippen LogP contribution is -2.33. The number of hydrogen-bond acceptors (Lipinski definition) is 4. The molecule has 0 aromatic carbocycles. The van der Waals surface area contributed by atoms with Crippen LogP contribution in [0.3, 0.4) is 0 Å². The largest absolute Gasteiger partial charge is 0.366 e. The van der Waals surface area contributed by atoms with Crippen LogP contribution in [0.4, 0.5) is 5.69 Å². The first-order chi connectivity index (χ1) is 9.74. The van der Waals surface area contributed by atoms with E-state index in [9.17, 15) is 4.79 Å². The van der Waals surface area contributed by atoms with Crippen molar-refractivity contribution in [2.45, 2.75) is 6.54 Å². The minimum atomic E-state index is -0.405. The highest BCUT2D eigenvalue weighted by molar-refractivity contribution is 5.99. The van der Waals surface area contributed by atoms with Crippen LogP contribution in [0.2, 0.25) is 0 Å². The lowest BCUT2D eigenvalue weighted by atomic mass is 10.1. The Kier molecular flexibility index (Phi) is 3.16. The van der Waals surface area contributed by atoms with Gasteiger partial charge >= 0.3 is 0 Å². The third-order valence-corrected chi connectivity index (χ3v) is 3.24. The highest BCUT2D eigenvalue weighted by Crippen LogP contribution is 2.27. The van der Waals surface area contributed by atoms with Crippen molar-refractivity contribution in [2.24, 2.45) is 5.73 Å². The fourth-order valence-electron chi connectivity index (χ4n) is 2.29. The van der Waals surface area contributed by atoms with Gasteiger partial charge in [-0.3, -0.25) is 14.8 Å². The van der Waals surface area contributed by atoms with Gasteiger partial charge in [0.15, 0.2) is 0 Å². The number of carbonyl (C=O) groups excluding carboxylic acids is 1. The summed E-state index contributed by atoms with van der Waals surface area (Å²) in [4.78, 5) is 21.9. The first-order valence-corrected chi connectivity index (χ1v) is 6.33. The summed E-state index contributed by atoms with van der Waals surface area (Å²) in [6, 6.07) is 7.78. The van der Waals surface area contributed by atoms with E-state index < -0.39 is 5.91 Å². The summed E-state index contributed by atoms with van der Waals surface area (Å²) in [5.74, 6) is -0.405. The topological polar surface area (TPSA) is 72.1 Å². The summed E-state index contributed by atoms with van der Waals surface area (Å²) >= 11 is 0. The number of aromatic nitrogens is 2. The molecule has 2 aromatic heterocycles. The van der Waals surface area contributed by atoms with Gasteiger partial charge in [-0.25, -0.2) is 0 Å². The van der Waals surface area contributed by atoms with Gasteiger partial charge in [0, 0.05) is 37.3 Å². The summed E-state index contributed by atoms with van der Waals surface area (Å²) < 4.78 is 0. The molecule has 0 saturated carbocycles. The smallest absolute Gasteiger partial charge is 0.246 e. The second-order valence-corrected chi connectivity index (χ2v) is 4.66. The second-order valence-electron chi connectivity index (χ2n) is 4.66. The predicted molar refractivity (Wildman–Crippen MR) is 76.7 cm³/mol. The Labute approximate surface area is 116 Å². The lowest BCUT2D eigenvalue weighted by Gasteiger charge is -2.29. The van der Waals surface area contributed by atoms with Crippen LogP contribution in [0.1, 0.15) is 11.3 Å². The van der Waals surface area contributed by atoms with E-state index in [4.69, 9.17) is 5.73 Å². The van der Waals surface area contributed by atoms with Crippen LogP contribution in [0.5, 0.6) is 0 Å². The van der Waals surface area contributed by atoms with Gasteiger partial charge in [-0.1, -0.05) is 6.07 Å². The molecule has 20 heavy (non-hydrogen) atoms. The van der Waals surface area contributed by atoms with Gasteiger partial charge in [-0.2, -0.15) is 0 Å². The predicted octanol–water partition coefficient (Wildman–Crippen LogP) is 1.37. The maximum atomic E-state index is 11.4. The Bertz CT molecular complexity index is 667. The number of hydrogen-bond donors (Lipinski definition) is 1. The molecule has 0 radical (unpaired) electrons. The van der Waals surface area contributed by atoms with Crippen LogP contribution in [0.25, 0.3) is 6.08 Å². The van der Waals surface area contributed by atoms with Gasteiger partial charge in [-0.15, -0.1) is 0 Å². The van der Waals surface area contributed by atoms with Crippen molar-refractivity contribution in [3.8, 4) is 0 Å². The fourth-order valence-corrected chi connectivity index (χ4v) is 2.29.